The van der Waals surface area contributed by atoms with E-state index in [1.165, 1.54) is 32.1 Å². The van der Waals surface area contributed by atoms with Gasteiger partial charge in [0.05, 0.1) is 56.6 Å². The van der Waals surface area contributed by atoms with Gasteiger partial charge in [-0.15, -0.1) is 0 Å². The zero-order chi connectivity index (χ0) is 53.8. The van der Waals surface area contributed by atoms with Gasteiger partial charge >= 0.3 is 17.2 Å². The molecule has 2 aromatic rings. The normalized spacial score (nSPS) is 15.5. The summed E-state index contributed by atoms with van der Waals surface area (Å²) in [5.74, 6) is 1.97. The molecule has 13 heteroatoms. The van der Waals surface area contributed by atoms with E-state index in [0.29, 0.717) is 30.6 Å². The molecule has 0 aliphatic heterocycles. The lowest BCUT2D eigenvalue weighted by atomic mass is 9.72. The van der Waals surface area contributed by atoms with Gasteiger partial charge in [-0.3, -0.25) is 0 Å². The maximum atomic E-state index is 11.7. The third-order valence-electron chi connectivity index (χ3n) is 14.0. The van der Waals surface area contributed by atoms with Crippen LogP contribution in [-0.4, -0.2) is 82.4 Å². The molecule has 0 heterocycles. The predicted molar refractivity (Wildman–Crippen MR) is 295 cm³/mol. The Labute approximate surface area is 435 Å². The monoisotopic (exact) mass is 1040 g/mol. The third kappa shape index (κ3) is 22.4. The fourth-order valence-electron chi connectivity index (χ4n) is 9.02. The molecule has 2 aromatic carbocycles. The molecule has 0 aromatic heterocycles. The lowest BCUT2D eigenvalue weighted by molar-refractivity contribution is -0.113. The fourth-order valence-corrected chi connectivity index (χ4v) is 10.2. The average molecular weight is 1040 g/mol. The Bertz CT molecular complexity index is 1770. The van der Waals surface area contributed by atoms with Crippen molar-refractivity contribution in [3.05, 3.63) is 64.2 Å². The highest BCUT2D eigenvalue weighted by molar-refractivity contribution is 7.40. The molecule has 0 saturated heterocycles. The Morgan fingerprint density at radius 2 is 0.901 bits per heavy atom. The van der Waals surface area contributed by atoms with Gasteiger partial charge in [-0.05, 0) is 80.2 Å². The largest absolute Gasteiger partial charge is 0.485 e. The minimum Gasteiger partial charge on any atom is -0.485 e. The van der Waals surface area contributed by atoms with Gasteiger partial charge in [0.25, 0.3) is 0 Å². The van der Waals surface area contributed by atoms with Crippen molar-refractivity contribution in [3.8, 4) is 5.75 Å². The lowest BCUT2D eigenvalue weighted by Crippen LogP contribution is -2.47. The summed E-state index contributed by atoms with van der Waals surface area (Å²) in [6.07, 6.45) is 11.9. The van der Waals surface area contributed by atoms with Crippen molar-refractivity contribution in [2.45, 2.75) is 228 Å². The molecule has 0 amide bonds. The van der Waals surface area contributed by atoms with Crippen LogP contribution >= 0.6 is 17.2 Å². The molecule has 11 nitrogen and oxygen atoms in total. The molecule has 2 rings (SSSR count). The molecule has 4 atom stereocenters. The second kappa shape index (κ2) is 30.4. The van der Waals surface area contributed by atoms with Crippen molar-refractivity contribution < 1.29 is 53.0 Å². The second-order valence-corrected chi connectivity index (χ2v) is 27.3. The molecule has 412 valence electrons. The van der Waals surface area contributed by atoms with Crippen molar-refractivity contribution in [3.63, 3.8) is 0 Å². The summed E-state index contributed by atoms with van der Waals surface area (Å²) in [7, 11) is -5.48. The van der Waals surface area contributed by atoms with Crippen molar-refractivity contribution in [1.29, 1.82) is 0 Å². The van der Waals surface area contributed by atoms with Crippen LogP contribution in [0.15, 0.2) is 36.4 Å². The van der Waals surface area contributed by atoms with Gasteiger partial charge in [0, 0.05) is 6.61 Å². The quantitative estimate of drug-likeness (QED) is 0.0292. The summed E-state index contributed by atoms with van der Waals surface area (Å²) in [6, 6.07) is 12.6. The topological polar surface area (TPSA) is 168 Å². The van der Waals surface area contributed by atoms with Gasteiger partial charge in [0.15, 0.2) is 0 Å². The molecule has 0 radical (unpaired) electrons. The van der Waals surface area contributed by atoms with E-state index >= 15 is 0 Å². The van der Waals surface area contributed by atoms with Crippen LogP contribution in [0.2, 0.25) is 0 Å². The molecule has 4 unspecified atom stereocenters. The number of hydrogen-bond donors (Lipinski definition) is 6. The number of unbranched alkanes of at least 4 members (excludes halogenated alkanes) is 8. The molecule has 0 aliphatic rings. The first-order valence-electron chi connectivity index (χ1n) is 26.9. The highest BCUT2D eigenvalue weighted by Gasteiger charge is 2.46. The van der Waals surface area contributed by atoms with Gasteiger partial charge in [-0.2, -0.15) is 0 Å². The zero-order valence-electron chi connectivity index (χ0n) is 47.5. The first-order valence-corrected chi connectivity index (χ1v) is 29.2. The van der Waals surface area contributed by atoms with E-state index in [2.05, 4.69) is 135 Å². The van der Waals surface area contributed by atoms with Gasteiger partial charge in [0.2, 0.25) is 0 Å². The van der Waals surface area contributed by atoms with Crippen molar-refractivity contribution in [1.82, 2.24) is 0 Å². The van der Waals surface area contributed by atoms with Crippen LogP contribution in [0.3, 0.4) is 0 Å². The van der Waals surface area contributed by atoms with E-state index in [1.807, 2.05) is 12.1 Å². The Hall–Kier alpha value is -1.30. The number of ether oxygens (including phenoxy) is 2. The Kier molecular flexibility index (Phi) is 28.2. The van der Waals surface area contributed by atoms with Crippen molar-refractivity contribution in [2.75, 3.05) is 46.2 Å². The van der Waals surface area contributed by atoms with E-state index in [-0.39, 0.29) is 41.5 Å². The van der Waals surface area contributed by atoms with Crippen molar-refractivity contribution >= 4 is 17.2 Å². The molecular weight excluding hydrogens is 935 g/mol. The lowest BCUT2D eigenvalue weighted by Gasteiger charge is -2.42. The first kappa shape index (κ1) is 65.8. The summed E-state index contributed by atoms with van der Waals surface area (Å²) in [5, 5.41) is 34.3. The Morgan fingerprint density at radius 1 is 0.479 bits per heavy atom. The molecule has 0 spiro atoms. The van der Waals surface area contributed by atoms with E-state index in [9.17, 15) is 30.0 Å². The molecule has 0 fully saturated rings. The van der Waals surface area contributed by atoms with Crippen LogP contribution in [0.1, 0.15) is 228 Å². The third-order valence-corrected chi connectivity index (χ3v) is 15.0. The number of aliphatic hydroxyl groups excluding tert-OH is 3. The smallest absolute Gasteiger partial charge is 0.329 e. The Morgan fingerprint density at radius 3 is 1.35 bits per heavy atom. The molecule has 0 bridgehead atoms. The van der Waals surface area contributed by atoms with Gasteiger partial charge in [-0.25, -0.2) is 0 Å². The molecule has 0 aliphatic carbocycles. The van der Waals surface area contributed by atoms with Crippen LogP contribution in [0.5, 0.6) is 5.75 Å². The number of hydrogen-bond acceptors (Lipinski definition) is 11. The van der Waals surface area contributed by atoms with Crippen LogP contribution < -0.4 is 4.74 Å². The van der Waals surface area contributed by atoms with Gasteiger partial charge in [0.1, 0.15) is 11.9 Å². The SMILES string of the molecule is CC(C)CCCCCCCOC(CCCCCCCC(C)C)C(CO)(COP(O)O)COP(O)OCC(CO)(CO)C(Oc1ccc(C(C)(C)C)cc1C(C)(C)C)c1ccc(C(C)(C)C)cc1C(C)(C)C. The number of benzene rings is 2. The fraction of sp³-hybridized carbons (Fsp3) is 0.793. The maximum Gasteiger partial charge on any atom is 0.329 e. The zero-order valence-corrected chi connectivity index (χ0v) is 49.3. The molecule has 6 N–H and O–H groups in total. The van der Waals surface area contributed by atoms with E-state index in [0.717, 1.165) is 72.8 Å². The average Bonchev–Trinajstić information content (AvgIpc) is 3.27. The minimum absolute atomic E-state index is 0.129. The minimum atomic E-state index is -2.77. The number of rotatable bonds is 34. The van der Waals surface area contributed by atoms with Crippen LogP contribution in [-0.2, 0) is 40.0 Å². The summed E-state index contributed by atoms with van der Waals surface area (Å²) < 4.78 is 31.6. The second-order valence-electron chi connectivity index (χ2n) is 25.6. The summed E-state index contributed by atoms with van der Waals surface area (Å²) in [5.41, 5.74) is 1.20. The first-order chi connectivity index (χ1) is 33.0. The molecule has 71 heavy (non-hydrogen) atoms. The predicted octanol–water partition coefficient (Wildman–Crippen LogP) is 14.2. The highest BCUT2D eigenvalue weighted by atomic mass is 31.2. The Balaban J connectivity index is 2.61. The number of aliphatic hydroxyl groups is 3. The van der Waals surface area contributed by atoms with E-state index in [4.69, 9.17) is 23.0 Å². The van der Waals surface area contributed by atoms with Gasteiger partial charge < -0.3 is 53.0 Å². The standard InChI is InChI=1S/C58H104O11P2/c1-43(2)27-23-19-17-21-25-29-51(65-34-26-22-18-20-24-28-44(3)4)58(39-61,41-66-70(62)63)42-68-71(64)67-40-57(37-59,38-60)52(47-32-30-45(53(5,6)7)35-48(47)55(11,12)13)69-50-33-31-46(54(8,9)10)36-49(50)56(14,15)16/h30-33,35-36,43-44,51-52,59-64H,17-29,34,37-42H2,1-16H3. The van der Waals surface area contributed by atoms with Crippen LogP contribution in [0.4, 0.5) is 0 Å². The summed E-state index contributed by atoms with van der Waals surface area (Å²) in [4.78, 5) is 31.6. The maximum absolute atomic E-state index is 11.7. The highest BCUT2D eigenvalue weighted by Crippen LogP contribution is 2.49. The van der Waals surface area contributed by atoms with E-state index in [1.54, 1.807) is 0 Å². The molecule has 0 saturated carbocycles. The molecular formula is C58H104O11P2. The van der Waals surface area contributed by atoms with Gasteiger partial charge in [-0.1, -0.05) is 212 Å². The summed E-state index contributed by atoms with van der Waals surface area (Å²) >= 11 is 0. The van der Waals surface area contributed by atoms with Crippen LogP contribution in [0.25, 0.3) is 0 Å². The summed E-state index contributed by atoms with van der Waals surface area (Å²) in [6.45, 7) is 32.7. The van der Waals surface area contributed by atoms with Crippen molar-refractivity contribution in [2.24, 2.45) is 22.7 Å². The van der Waals surface area contributed by atoms with E-state index < -0.39 is 60.1 Å². The van der Waals surface area contributed by atoms with Crippen LogP contribution in [0, 0.1) is 22.7 Å².